The van der Waals surface area contributed by atoms with Crippen molar-refractivity contribution in [2.45, 2.75) is 35.4 Å². The number of aromatic nitrogens is 2. The van der Waals surface area contributed by atoms with Gasteiger partial charge in [0.25, 0.3) is 0 Å². The van der Waals surface area contributed by atoms with E-state index in [-0.39, 0.29) is 43.0 Å². The number of urea groups is 1. The highest BCUT2D eigenvalue weighted by molar-refractivity contribution is 7.92. The SMILES string of the molecule is C[C@H]1COCCN1c1cc(C2(S(=O)(=O)c3ccc(Cl)cc3)CCOCC2)nc(-c2ccc(NC(=O)NCCN(C)C)cc2)n1. The maximum Gasteiger partial charge on any atom is 0.319 e. The molecule has 0 aliphatic carbocycles. The highest BCUT2D eigenvalue weighted by Gasteiger charge is 2.49. The van der Waals surface area contributed by atoms with Gasteiger partial charge in [0.2, 0.25) is 0 Å². The van der Waals surface area contributed by atoms with Gasteiger partial charge >= 0.3 is 6.03 Å². The van der Waals surface area contributed by atoms with E-state index in [1.165, 1.54) is 0 Å². The van der Waals surface area contributed by atoms with Crippen molar-refractivity contribution in [1.29, 1.82) is 0 Å². The van der Waals surface area contributed by atoms with Crippen LogP contribution < -0.4 is 15.5 Å². The molecule has 0 bridgehead atoms. The zero-order chi connectivity index (χ0) is 31.3. The highest BCUT2D eigenvalue weighted by Crippen LogP contribution is 2.44. The lowest BCUT2D eigenvalue weighted by atomic mass is 9.94. The fourth-order valence-corrected chi connectivity index (χ4v) is 7.64. The van der Waals surface area contributed by atoms with Crippen molar-refractivity contribution in [3.63, 3.8) is 0 Å². The first-order valence-corrected chi connectivity index (χ1v) is 16.6. The molecule has 11 nitrogen and oxygen atoms in total. The fraction of sp³-hybridized carbons (Fsp3) is 0.452. The van der Waals surface area contributed by atoms with E-state index in [1.54, 1.807) is 36.4 Å². The normalized spacial score (nSPS) is 18.7. The molecule has 3 aromatic rings. The van der Waals surface area contributed by atoms with Crippen LogP contribution in [0.2, 0.25) is 5.02 Å². The average Bonchev–Trinajstić information content (AvgIpc) is 3.02. The van der Waals surface area contributed by atoms with Crippen molar-refractivity contribution in [3.05, 3.63) is 65.3 Å². The molecule has 2 aliphatic heterocycles. The van der Waals surface area contributed by atoms with Crippen LogP contribution >= 0.6 is 11.6 Å². The summed E-state index contributed by atoms with van der Waals surface area (Å²) in [6.45, 7) is 5.56. The summed E-state index contributed by atoms with van der Waals surface area (Å²) in [5, 5.41) is 6.13. The van der Waals surface area contributed by atoms with Gasteiger partial charge in [-0.2, -0.15) is 0 Å². The molecule has 13 heteroatoms. The Kier molecular flexibility index (Phi) is 10.1. The van der Waals surface area contributed by atoms with E-state index in [2.05, 4.69) is 22.5 Å². The predicted octanol–water partition coefficient (Wildman–Crippen LogP) is 4.18. The van der Waals surface area contributed by atoms with Gasteiger partial charge in [0.15, 0.2) is 15.7 Å². The average molecular weight is 643 g/mol. The van der Waals surface area contributed by atoms with Crippen LogP contribution in [0, 0.1) is 0 Å². The number of rotatable bonds is 9. The monoisotopic (exact) mass is 642 g/mol. The maximum absolute atomic E-state index is 14.4. The summed E-state index contributed by atoms with van der Waals surface area (Å²) < 4.78 is 38.9. The van der Waals surface area contributed by atoms with Gasteiger partial charge in [-0.05, 0) is 82.4 Å². The van der Waals surface area contributed by atoms with Gasteiger partial charge in [0.05, 0.1) is 29.8 Å². The van der Waals surface area contributed by atoms with E-state index in [1.807, 2.05) is 37.2 Å². The van der Waals surface area contributed by atoms with Crippen LogP contribution in [0.5, 0.6) is 0 Å². The lowest BCUT2D eigenvalue weighted by Gasteiger charge is -2.38. The van der Waals surface area contributed by atoms with E-state index in [0.717, 1.165) is 6.54 Å². The summed E-state index contributed by atoms with van der Waals surface area (Å²) in [6, 6.07) is 15.0. The van der Waals surface area contributed by atoms with Crippen LogP contribution in [0.25, 0.3) is 11.4 Å². The Labute approximate surface area is 263 Å². The number of morpholine rings is 1. The van der Waals surface area contributed by atoms with Crippen molar-refractivity contribution < 1.29 is 22.7 Å². The lowest BCUT2D eigenvalue weighted by Crippen LogP contribution is -2.45. The van der Waals surface area contributed by atoms with Gasteiger partial charge < -0.3 is 29.9 Å². The summed E-state index contributed by atoms with van der Waals surface area (Å²) in [5.74, 6) is 1.04. The molecule has 2 amide bonds. The van der Waals surface area contributed by atoms with Crippen LogP contribution in [-0.2, 0) is 24.1 Å². The third-order valence-corrected chi connectivity index (χ3v) is 10.8. The Morgan fingerprint density at radius 1 is 1.05 bits per heavy atom. The van der Waals surface area contributed by atoms with Crippen LogP contribution in [0.3, 0.4) is 0 Å². The zero-order valence-electron chi connectivity index (χ0n) is 25.3. The molecule has 0 radical (unpaired) electrons. The van der Waals surface area contributed by atoms with Crippen molar-refractivity contribution in [2.24, 2.45) is 0 Å². The van der Waals surface area contributed by atoms with Crippen LogP contribution in [0.15, 0.2) is 59.5 Å². The zero-order valence-corrected chi connectivity index (χ0v) is 26.8. The smallest absolute Gasteiger partial charge is 0.319 e. The number of hydrogen-bond donors (Lipinski definition) is 2. The molecule has 1 aromatic heterocycles. The molecular weight excluding hydrogens is 604 g/mol. The van der Waals surface area contributed by atoms with Crippen molar-refractivity contribution in [3.8, 4) is 11.4 Å². The standard InChI is InChI=1S/C31H39ClN6O5S/c1-22-21-43-19-16-38(22)28-20-27(31(12-17-42-18-13-31)44(40,41)26-10-6-24(32)7-11-26)35-29(36-28)23-4-8-25(9-5-23)34-30(39)33-14-15-37(2)3/h4-11,20,22H,12-19,21H2,1-3H3,(H2,33,34,39)/t22-/m0/s1. The lowest BCUT2D eigenvalue weighted by molar-refractivity contribution is 0.0729. The van der Waals surface area contributed by atoms with Crippen molar-refractivity contribution in [2.75, 3.05) is 70.4 Å². The molecule has 2 N–H and O–H groups in total. The molecule has 44 heavy (non-hydrogen) atoms. The minimum atomic E-state index is -3.92. The van der Waals surface area contributed by atoms with Crippen LogP contribution in [-0.4, -0.2) is 95.5 Å². The van der Waals surface area contributed by atoms with E-state index in [4.69, 9.17) is 31.0 Å². The molecule has 0 spiro atoms. The Balaban J connectivity index is 1.54. The topological polar surface area (TPSA) is 126 Å². The van der Waals surface area contributed by atoms with E-state index in [0.29, 0.717) is 59.9 Å². The number of halogens is 1. The quantitative estimate of drug-likeness (QED) is 0.353. The number of nitrogens with one attached hydrogen (secondary N) is 2. The van der Waals surface area contributed by atoms with Crippen molar-refractivity contribution in [1.82, 2.24) is 20.2 Å². The number of carbonyl (C=O) groups excluding carboxylic acids is 1. The van der Waals surface area contributed by atoms with Gasteiger partial charge in [-0.25, -0.2) is 23.2 Å². The van der Waals surface area contributed by atoms with Crippen LogP contribution in [0.1, 0.15) is 25.5 Å². The van der Waals surface area contributed by atoms with E-state index in [9.17, 15) is 13.2 Å². The minimum absolute atomic E-state index is 0.0374. The van der Waals surface area contributed by atoms with Gasteiger partial charge in [0.1, 0.15) is 10.6 Å². The first-order valence-electron chi connectivity index (χ1n) is 14.7. The van der Waals surface area contributed by atoms with Gasteiger partial charge in [-0.15, -0.1) is 0 Å². The molecule has 236 valence electrons. The number of amides is 2. The molecule has 0 unspecified atom stereocenters. The number of carbonyl (C=O) groups is 1. The second-order valence-electron chi connectivity index (χ2n) is 11.4. The number of sulfone groups is 1. The Hall–Kier alpha value is -3.29. The molecule has 5 rings (SSSR count). The Bertz CT molecular complexity index is 1550. The molecular formula is C31H39ClN6O5S. The predicted molar refractivity (Wildman–Crippen MR) is 171 cm³/mol. The summed E-state index contributed by atoms with van der Waals surface area (Å²) in [6.07, 6.45) is 0.497. The number of ether oxygens (including phenoxy) is 2. The number of hydrogen-bond acceptors (Lipinski definition) is 9. The van der Waals surface area contributed by atoms with Crippen LogP contribution in [0.4, 0.5) is 16.3 Å². The molecule has 2 aromatic carbocycles. The Morgan fingerprint density at radius 3 is 2.41 bits per heavy atom. The summed E-state index contributed by atoms with van der Waals surface area (Å²) in [4.78, 5) is 26.5. The van der Waals surface area contributed by atoms with E-state index < -0.39 is 14.6 Å². The molecule has 2 aliphatic rings. The maximum atomic E-state index is 14.4. The second kappa shape index (κ2) is 13.8. The largest absolute Gasteiger partial charge is 0.381 e. The molecule has 2 saturated heterocycles. The van der Waals surface area contributed by atoms with Crippen molar-refractivity contribution >= 4 is 39.0 Å². The first-order chi connectivity index (χ1) is 21.1. The van der Waals surface area contributed by atoms with Gasteiger partial charge in [-0.1, -0.05) is 11.6 Å². The summed E-state index contributed by atoms with van der Waals surface area (Å²) >= 11 is 6.10. The number of likely N-dealkylation sites (N-methyl/N-ethyl adjacent to an activating group) is 1. The third-order valence-electron chi connectivity index (χ3n) is 8.03. The van der Waals surface area contributed by atoms with Gasteiger partial charge in [0, 0.05) is 55.2 Å². The van der Waals surface area contributed by atoms with Gasteiger partial charge in [-0.3, -0.25) is 0 Å². The summed E-state index contributed by atoms with van der Waals surface area (Å²) in [5.41, 5.74) is 1.73. The van der Waals surface area contributed by atoms with E-state index >= 15 is 0 Å². The second-order valence-corrected chi connectivity index (χ2v) is 14.1. The molecule has 2 fully saturated rings. The highest BCUT2D eigenvalue weighted by atomic mass is 35.5. The molecule has 0 saturated carbocycles. The first kappa shape index (κ1) is 32.1. The Morgan fingerprint density at radius 2 is 1.75 bits per heavy atom. The minimum Gasteiger partial charge on any atom is -0.381 e. The number of nitrogens with zero attached hydrogens (tertiary/aromatic N) is 4. The number of benzene rings is 2. The summed E-state index contributed by atoms with van der Waals surface area (Å²) in [7, 11) is -0.0325. The number of anilines is 2. The fourth-order valence-electron chi connectivity index (χ4n) is 5.49. The molecule has 3 heterocycles. The molecule has 1 atom stereocenters. The third kappa shape index (κ3) is 7.00.